The van der Waals surface area contributed by atoms with Gasteiger partial charge in [-0.25, -0.2) is 4.98 Å². The van der Waals surface area contributed by atoms with Crippen LogP contribution in [0.15, 0.2) is 4.99 Å². The molecule has 0 saturated carbocycles. The second kappa shape index (κ2) is 9.55. The van der Waals surface area contributed by atoms with Crippen LogP contribution in [0.1, 0.15) is 49.2 Å². The number of aromatic nitrogens is 1. The highest BCUT2D eigenvalue weighted by Gasteiger charge is 2.36. The van der Waals surface area contributed by atoms with Crippen molar-refractivity contribution in [3.63, 3.8) is 0 Å². The largest absolute Gasteiger partial charge is 0.368 e. The molecular weight excluding hydrogens is 434 g/mol. The Balaban J connectivity index is 1.41. The smallest absolute Gasteiger partial charge is 0.282 e. The highest BCUT2D eigenvalue weighted by atomic mass is 32.1. The summed E-state index contributed by atoms with van der Waals surface area (Å²) in [5, 5.41) is 0.130. The van der Waals surface area contributed by atoms with Gasteiger partial charge in [-0.05, 0) is 26.9 Å². The molecule has 32 heavy (non-hydrogen) atoms. The maximum absolute atomic E-state index is 13.0. The number of hydrogen-bond donors (Lipinski definition) is 0. The van der Waals surface area contributed by atoms with E-state index in [1.165, 1.54) is 0 Å². The van der Waals surface area contributed by atoms with Crippen molar-refractivity contribution in [1.82, 2.24) is 19.7 Å². The molecule has 0 aromatic carbocycles. The van der Waals surface area contributed by atoms with Crippen molar-refractivity contribution in [3.8, 4) is 0 Å². The summed E-state index contributed by atoms with van der Waals surface area (Å²) in [5.41, 5.74) is 0.236. The number of Topliss-reactive ketones (excluding diaryl/α,β-unsaturated/α-hetero) is 2. The molecule has 2 saturated heterocycles. The average Bonchev–Trinajstić information content (AvgIpc) is 3.47. The molecule has 1 aromatic rings. The minimum absolute atomic E-state index is 0.0170. The number of carbonyl (C=O) groups is 4. The number of piperazine rings is 1. The van der Waals surface area contributed by atoms with Crippen molar-refractivity contribution < 1.29 is 23.9 Å². The molecule has 1 atom stereocenters. The zero-order chi connectivity index (χ0) is 22.8. The first-order valence-electron chi connectivity index (χ1n) is 10.8. The normalized spacial score (nSPS) is 22.7. The van der Waals surface area contributed by atoms with Crippen LogP contribution in [0.4, 0.5) is 0 Å². The molecule has 2 amide bonds. The number of thiazole rings is 1. The summed E-state index contributed by atoms with van der Waals surface area (Å²) >= 11 is 0.971. The third-order valence-electron chi connectivity index (χ3n) is 5.80. The zero-order valence-electron chi connectivity index (χ0n) is 18.3. The standard InChI is InChI=1S/C21H27N5O5S/c1-24(2)6-5-22-13-12-14(27)18-16(17(13)28)23-19(32-18)21(30)26-9-7-25(8-10-26)20(29)15-4-3-11-31-15/h15H,3-12H2,1-2H3. The van der Waals surface area contributed by atoms with Gasteiger partial charge >= 0.3 is 0 Å². The number of ketones is 2. The summed E-state index contributed by atoms with van der Waals surface area (Å²) in [5.74, 6) is -0.940. The van der Waals surface area contributed by atoms with Gasteiger partial charge < -0.3 is 19.4 Å². The molecule has 2 aliphatic heterocycles. The molecule has 2 fully saturated rings. The van der Waals surface area contributed by atoms with Crippen LogP contribution in [0.3, 0.4) is 0 Å². The summed E-state index contributed by atoms with van der Waals surface area (Å²) in [4.78, 5) is 64.8. The quantitative estimate of drug-likeness (QED) is 0.623. The SMILES string of the molecule is CN(C)CCN=C1CC(=O)c2sc(C(=O)N3CCN(C(=O)C4CCCO4)CC3)nc2C1=O. The van der Waals surface area contributed by atoms with E-state index in [0.29, 0.717) is 45.9 Å². The summed E-state index contributed by atoms with van der Waals surface area (Å²) < 4.78 is 5.47. The van der Waals surface area contributed by atoms with Crippen LogP contribution < -0.4 is 0 Å². The van der Waals surface area contributed by atoms with Gasteiger partial charge in [-0.1, -0.05) is 0 Å². The second-order valence-electron chi connectivity index (χ2n) is 8.38. The Bertz CT molecular complexity index is 958. The fourth-order valence-electron chi connectivity index (χ4n) is 3.96. The molecular formula is C21H27N5O5S. The van der Waals surface area contributed by atoms with E-state index in [1.54, 1.807) is 9.80 Å². The predicted molar refractivity (Wildman–Crippen MR) is 118 cm³/mol. The molecule has 4 rings (SSSR count). The summed E-state index contributed by atoms with van der Waals surface area (Å²) in [6.45, 7) is 3.30. The van der Waals surface area contributed by atoms with Crippen LogP contribution in [0.2, 0.25) is 0 Å². The Morgan fingerprint density at radius 1 is 1.19 bits per heavy atom. The number of ether oxygens (including phenoxy) is 1. The molecule has 172 valence electrons. The van der Waals surface area contributed by atoms with Gasteiger partial charge in [0.2, 0.25) is 5.78 Å². The number of likely N-dealkylation sites (N-methyl/N-ethyl adjacent to an activating group) is 1. The lowest BCUT2D eigenvalue weighted by Gasteiger charge is -2.35. The van der Waals surface area contributed by atoms with Crippen molar-refractivity contribution in [2.75, 3.05) is 60.0 Å². The first-order valence-corrected chi connectivity index (χ1v) is 11.6. The van der Waals surface area contributed by atoms with E-state index in [1.807, 2.05) is 19.0 Å². The van der Waals surface area contributed by atoms with E-state index in [9.17, 15) is 19.2 Å². The number of nitrogens with zero attached hydrogens (tertiary/aromatic N) is 5. The Labute approximate surface area is 190 Å². The summed E-state index contributed by atoms with van der Waals surface area (Å²) in [6, 6.07) is 0. The van der Waals surface area contributed by atoms with Crippen molar-refractivity contribution >= 4 is 40.4 Å². The van der Waals surface area contributed by atoms with Crippen LogP contribution in [0.25, 0.3) is 0 Å². The highest BCUT2D eigenvalue weighted by Crippen LogP contribution is 2.27. The molecule has 0 bridgehead atoms. The van der Waals surface area contributed by atoms with Crippen molar-refractivity contribution in [3.05, 3.63) is 15.6 Å². The third kappa shape index (κ3) is 4.64. The molecule has 10 nitrogen and oxygen atoms in total. The maximum Gasteiger partial charge on any atom is 0.282 e. The van der Waals surface area contributed by atoms with E-state index < -0.39 is 0 Å². The lowest BCUT2D eigenvalue weighted by atomic mass is 9.98. The van der Waals surface area contributed by atoms with Gasteiger partial charge in [0.25, 0.3) is 11.8 Å². The monoisotopic (exact) mass is 461 g/mol. The van der Waals surface area contributed by atoms with Gasteiger partial charge in [-0.15, -0.1) is 11.3 Å². The topological polar surface area (TPSA) is 112 Å². The fourth-order valence-corrected chi connectivity index (χ4v) is 4.93. The first-order chi connectivity index (χ1) is 15.3. The van der Waals surface area contributed by atoms with E-state index in [0.717, 1.165) is 24.2 Å². The first kappa shape index (κ1) is 22.7. The minimum Gasteiger partial charge on any atom is -0.368 e. The fraction of sp³-hybridized carbons (Fsp3) is 0.619. The molecule has 1 aromatic heterocycles. The average molecular weight is 462 g/mol. The summed E-state index contributed by atoms with van der Waals surface area (Å²) in [6.07, 6.45) is 1.21. The Kier molecular flexibility index (Phi) is 6.77. The van der Waals surface area contributed by atoms with Crippen LogP contribution in [-0.4, -0.2) is 115 Å². The number of amides is 2. The van der Waals surface area contributed by atoms with E-state index in [4.69, 9.17) is 4.74 Å². The van der Waals surface area contributed by atoms with Crippen LogP contribution in [0, 0.1) is 0 Å². The van der Waals surface area contributed by atoms with Gasteiger partial charge in [0.15, 0.2) is 10.8 Å². The van der Waals surface area contributed by atoms with Crippen LogP contribution in [-0.2, 0) is 9.53 Å². The predicted octanol–water partition coefficient (Wildman–Crippen LogP) is 0.378. The van der Waals surface area contributed by atoms with Gasteiger partial charge in [0.1, 0.15) is 16.7 Å². The van der Waals surface area contributed by atoms with Crippen molar-refractivity contribution in [2.45, 2.75) is 25.4 Å². The lowest BCUT2D eigenvalue weighted by Crippen LogP contribution is -2.52. The number of rotatable bonds is 5. The molecule has 1 unspecified atom stereocenters. The number of carbonyl (C=O) groups excluding carboxylic acids is 4. The molecule has 0 spiro atoms. The third-order valence-corrected chi connectivity index (χ3v) is 6.89. The van der Waals surface area contributed by atoms with Crippen LogP contribution >= 0.6 is 11.3 Å². The van der Waals surface area contributed by atoms with Crippen LogP contribution in [0.5, 0.6) is 0 Å². The van der Waals surface area contributed by atoms with Gasteiger partial charge in [-0.2, -0.15) is 0 Å². The minimum atomic E-state index is -0.374. The van der Waals surface area contributed by atoms with E-state index in [2.05, 4.69) is 9.98 Å². The second-order valence-corrected chi connectivity index (χ2v) is 9.38. The number of aliphatic imine (C=N–C) groups is 1. The van der Waals surface area contributed by atoms with Crippen molar-refractivity contribution in [1.29, 1.82) is 0 Å². The van der Waals surface area contributed by atoms with Gasteiger partial charge in [0, 0.05) is 39.3 Å². The molecule has 0 radical (unpaired) electrons. The molecule has 0 N–H and O–H groups in total. The molecule has 11 heteroatoms. The maximum atomic E-state index is 13.0. The Morgan fingerprint density at radius 2 is 1.91 bits per heavy atom. The number of fused-ring (bicyclic) bond motifs is 1. The van der Waals surface area contributed by atoms with Gasteiger partial charge in [-0.3, -0.25) is 24.2 Å². The molecule has 3 aliphatic rings. The Morgan fingerprint density at radius 3 is 2.56 bits per heavy atom. The lowest BCUT2D eigenvalue weighted by molar-refractivity contribution is -0.142. The summed E-state index contributed by atoms with van der Waals surface area (Å²) in [7, 11) is 3.81. The van der Waals surface area contributed by atoms with E-state index >= 15 is 0 Å². The van der Waals surface area contributed by atoms with Gasteiger partial charge in [0.05, 0.1) is 18.7 Å². The van der Waals surface area contributed by atoms with Crippen molar-refractivity contribution in [2.24, 2.45) is 4.99 Å². The Hall–Kier alpha value is -2.50. The zero-order valence-corrected chi connectivity index (χ0v) is 19.2. The number of hydrogen-bond acceptors (Lipinski definition) is 9. The molecule has 1 aliphatic carbocycles. The highest BCUT2D eigenvalue weighted by molar-refractivity contribution is 7.16. The molecule has 3 heterocycles. The van der Waals surface area contributed by atoms with E-state index in [-0.39, 0.29) is 57.2 Å².